The maximum atomic E-state index is 14.5. The van der Waals surface area contributed by atoms with E-state index in [-0.39, 0.29) is 28.5 Å². The number of nitrogens with zero attached hydrogens (tertiary/aromatic N) is 2. The van der Waals surface area contributed by atoms with Crippen molar-refractivity contribution in [3.05, 3.63) is 76.3 Å². The average molecular weight is 559 g/mol. The molecule has 0 atom stereocenters. The molecule has 0 spiro atoms. The lowest BCUT2D eigenvalue weighted by molar-refractivity contribution is 0.0344. The standard InChI is InChI=1S/C27H28F2N4O5S/c1-3-39(35,36)31-19-5-7-23(38-24-6-4-18(28)12-22(24)29)20(13-19)21-16-32(2)27(34)26-25(21)17(14-30-26)15-33-8-10-37-11-9-33/h4-7,12-14,16,30-31H,3,8-11,15H2,1-2H3. The minimum Gasteiger partial charge on any atom is -0.454 e. The summed E-state index contributed by atoms with van der Waals surface area (Å²) in [5.41, 5.74) is 2.25. The van der Waals surface area contributed by atoms with Crippen LogP contribution in [0.15, 0.2) is 53.6 Å². The van der Waals surface area contributed by atoms with Crippen LogP contribution in [0.1, 0.15) is 12.5 Å². The summed E-state index contributed by atoms with van der Waals surface area (Å²) in [6, 6.07) is 7.57. The minimum atomic E-state index is -3.60. The van der Waals surface area contributed by atoms with E-state index in [2.05, 4.69) is 14.6 Å². The highest BCUT2D eigenvalue weighted by atomic mass is 32.2. The monoisotopic (exact) mass is 558 g/mol. The zero-order chi connectivity index (χ0) is 27.7. The number of morpholine rings is 1. The van der Waals surface area contributed by atoms with Gasteiger partial charge in [-0.25, -0.2) is 17.2 Å². The topological polar surface area (TPSA) is 106 Å². The van der Waals surface area contributed by atoms with Crippen LogP contribution in [-0.4, -0.2) is 54.9 Å². The zero-order valence-electron chi connectivity index (χ0n) is 21.5. The van der Waals surface area contributed by atoms with Crippen molar-refractivity contribution in [3.63, 3.8) is 0 Å². The molecule has 9 nitrogen and oxygen atoms in total. The zero-order valence-corrected chi connectivity index (χ0v) is 22.3. The summed E-state index contributed by atoms with van der Waals surface area (Å²) in [4.78, 5) is 18.4. The summed E-state index contributed by atoms with van der Waals surface area (Å²) in [5, 5.41) is 0.643. The van der Waals surface area contributed by atoms with Gasteiger partial charge in [0.1, 0.15) is 17.1 Å². The molecule has 1 aliphatic heterocycles. The first-order chi connectivity index (χ1) is 18.6. The lowest BCUT2D eigenvalue weighted by atomic mass is 9.99. The molecule has 1 aliphatic rings. The Morgan fingerprint density at radius 2 is 1.82 bits per heavy atom. The summed E-state index contributed by atoms with van der Waals surface area (Å²) in [7, 11) is -1.99. The van der Waals surface area contributed by atoms with Crippen LogP contribution in [0.3, 0.4) is 0 Å². The summed E-state index contributed by atoms with van der Waals surface area (Å²) in [6.07, 6.45) is 3.43. The number of H-pyrrole nitrogens is 1. The first-order valence-electron chi connectivity index (χ1n) is 12.4. The molecule has 5 rings (SSSR count). The van der Waals surface area contributed by atoms with Crippen LogP contribution in [0.25, 0.3) is 22.0 Å². The molecule has 2 aromatic carbocycles. The molecule has 1 saturated heterocycles. The van der Waals surface area contributed by atoms with Gasteiger partial charge < -0.3 is 19.0 Å². The Morgan fingerprint density at radius 3 is 2.54 bits per heavy atom. The van der Waals surface area contributed by atoms with E-state index in [1.807, 2.05) is 0 Å². The third kappa shape index (κ3) is 5.68. The highest BCUT2D eigenvalue weighted by molar-refractivity contribution is 7.92. The number of aromatic nitrogens is 2. The fourth-order valence-corrected chi connectivity index (χ4v) is 5.21. The van der Waals surface area contributed by atoms with Crippen LogP contribution in [0.4, 0.5) is 14.5 Å². The number of hydrogen-bond acceptors (Lipinski definition) is 6. The Hall–Kier alpha value is -3.74. The van der Waals surface area contributed by atoms with Crippen LogP contribution in [0, 0.1) is 11.6 Å². The molecule has 0 amide bonds. The number of nitrogens with one attached hydrogen (secondary N) is 2. The second-order valence-corrected chi connectivity index (χ2v) is 11.3. The van der Waals surface area contributed by atoms with Crippen molar-refractivity contribution in [2.75, 3.05) is 36.8 Å². The SMILES string of the molecule is CCS(=O)(=O)Nc1ccc(Oc2ccc(F)cc2F)c(-c2cn(C)c(=O)c3[nH]cc(CN4CCOCC4)c23)c1. The molecule has 0 radical (unpaired) electrons. The molecule has 4 aromatic rings. The largest absolute Gasteiger partial charge is 0.454 e. The molecular formula is C27H28F2N4O5S. The molecule has 12 heteroatoms. The first kappa shape index (κ1) is 26.9. The Kier molecular flexibility index (Phi) is 7.43. The molecule has 39 heavy (non-hydrogen) atoms. The molecule has 0 aliphatic carbocycles. The van der Waals surface area contributed by atoms with Crippen molar-refractivity contribution in [2.24, 2.45) is 7.05 Å². The normalized spacial score (nSPS) is 14.6. The van der Waals surface area contributed by atoms with E-state index < -0.39 is 21.7 Å². The molecule has 2 aromatic heterocycles. The summed E-state index contributed by atoms with van der Waals surface area (Å²) < 4.78 is 68.0. The van der Waals surface area contributed by atoms with E-state index in [9.17, 15) is 22.0 Å². The summed E-state index contributed by atoms with van der Waals surface area (Å²) in [6.45, 7) is 4.76. The van der Waals surface area contributed by atoms with Gasteiger partial charge in [0.05, 0.1) is 19.0 Å². The van der Waals surface area contributed by atoms with E-state index in [1.54, 1.807) is 25.5 Å². The van der Waals surface area contributed by atoms with Gasteiger partial charge in [-0.1, -0.05) is 0 Å². The van der Waals surface area contributed by atoms with Gasteiger partial charge in [-0.05, 0) is 42.8 Å². The fraction of sp³-hybridized carbons (Fsp3) is 0.296. The van der Waals surface area contributed by atoms with Gasteiger partial charge in [0.2, 0.25) is 10.0 Å². The molecule has 0 saturated carbocycles. The summed E-state index contributed by atoms with van der Waals surface area (Å²) >= 11 is 0. The van der Waals surface area contributed by atoms with Crippen LogP contribution in [0.5, 0.6) is 11.5 Å². The third-order valence-electron chi connectivity index (χ3n) is 6.62. The number of rotatable bonds is 8. The van der Waals surface area contributed by atoms with Crippen LogP contribution in [0.2, 0.25) is 0 Å². The Balaban J connectivity index is 1.70. The van der Waals surface area contributed by atoms with Gasteiger partial charge in [0.15, 0.2) is 11.6 Å². The quantitative estimate of drug-likeness (QED) is 0.336. The van der Waals surface area contributed by atoms with Gasteiger partial charge in [-0.15, -0.1) is 0 Å². The molecule has 0 bridgehead atoms. The van der Waals surface area contributed by atoms with Crippen LogP contribution in [-0.2, 0) is 28.4 Å². The lowest BCUT2D eigenvalue weighted by Crippen LogP contribution is -2.35. The van der Waals surface area contributed by atoms with Crippen molar-refractivity contribution in [2.45, 2.75) is 13.5 Å². The molecular weight excluding hydrogens is 530 g/mol. The molecule has 206 valence electrons. The summed E-state index contributed by atoms with van der Waals surface area (Å²) in [5.74, 6) is -1.78. The van der Waals surface area contributed by atoms with Gasteiger partial charge in [-0.3, -0.25) is 14.4 Å². The van der Waals surface area contributed by atoms with Gasteiger partial charge in [0, 0.05) is 67.3 Å². The lowest BCUT2D eigenvalue weighted by Gasteiger charge is -2.26. The number of aromatic amines is 1. The number of halogens is 2. The van der Waals surface area contributed by atoms with Crippen molar-refractivity contribution in [3.8, 4) is 22.6 Å². The predicted octanol–water partition coefficient (Wildman–Crippen LogP) is 4.20. The third-order valence-corrected chi connectivity index (χ3v) is 7.93. The van der Waals surface area contributed by atoms with Crippen molar-refractivity contribution in [1.82, 2.24) is 14.5 Å². The number of anilines is 1. The number of aryl methyl sites for hydroxylation is 1. The van der Waals surface area contributed by atoms with Crippen LogP contribution >= 0.6 is 0 Å². The van der Waals surface area contributed by atoms with Gasteiger partial charge in [0.25, 0.3) is 5.56 Å². The predicted molar refractivity (Wildman–Crippen MR) is 145 cm³/mol. The van der Waals surface area contributed by atoms with Crippen molar-refractivity contribution in [1.29, 1.82) is 0 Å². The minimum absolute atomic E-state index is 0.132. The number of benzene rings is 2. The Bertz CT molecular complexity index is 1690. The second-order valence-electron chi connectivity index (χ2n) is 9.30. The van der Waals surface area contributed by atoms with E-state index in [0.29, 0.717) is 41.8 Å². The van der Waals surface area contributed by atoms with E-state index >= 15 is 0 Å². The molecule has 3 heterocycles. The van der Waals surface area contributed by atoms with E-state index in [1.165, 1.54) is 29.7 Å². The Labute approximate surface area is 224 Å². The second kappa shape index (κ2) is 10.8. The average Bonchev–Trinajstić information content (AvgIpc) is 3.33. The molecule has 0 unspecified atom stereocenters. The van der Waals surface area contributed by atoms with Crippen molar-refractivity contribution >= 4 is 26.6 Å². The number of ether oxygens (including phenoxy) is 2. The van der Waals surface area contributed by atoms with Gasteiger partial charge >= 0.3 is 0 Å². The van der Waals surface area contributed by atoms with Crippen molar-refractivity contribution < 1.29 is 26.7 Å². The van der Waals surface area contributed by atoms with E-state index in [4.69, 9.17) is 9.47 Å². The smallest absolute Gasteiger partial charge is 0.274 e. The molecule has 1 fully saturated rings. The maximum absolute atomic E-state index is 14.5. The van der Waals surface area contributed by atoms with E-state index in [0.717, 1.165) is 30.8 Å². The van der Waals surface area contributed by atoms with Gasteiger partial charge in [-0.2, -0.15) is 0 Å². The number of pyridine rings is 1. The number of fused-ring (bicyclic) bond motifs is 1. The maximum Gasteiger partial charge on any atom is 0.274 e. The Morgan fingerprint density at radius 1 is 1.08 bits per heavy atom. The first-order valence-corrected chi connectivity index (χ1v) is 14.1. The molecule has 2 N–H and O–H groups in total. The fourth-order valence-electron chi connectivity index (χ4n) is 4.58. The number of sulfonamides is 1. The number of hydrogen-bond donors (Lipinski definition) is 2. The van der Waals surface area contributed by atoms with Crippen LogP contribution < -0.4 is 15.0 Å². The highest BCUT2D eigenvalue weighted by Gasteiger charge is 2.22. The highest BCUT2D eigenvalue weighted by Crippen LogP contribution is 2.40.